The van der Waals surface area contributed by atoms with E-state index in [1.807, 2.05) is 6.07 Å². The van der Waals surface area contributed by atoms with Gasteiger partial charge in [-0.05, 0) is 31.0 Å². The zero-order valence-corrected chi connectivity index (χ0v) is 11.5. The highest BCUT2D eigenvalue weighted by molar-refractivity contribution is 7.89. The van der Waals surface area contributed by atoms with Crippen molar-refractivity contribution in [1.29, 1.82) is 5.26 Å². The molecule has 1 N–H and O–H groups in total. The number of benzene rings is 1. The summed E-state index contributed by atoms with van der Waals surface area (Å²) < 4.78 is 26.1. The van der Waals surface area contributed by atoms with E-state index in [1.165, 1.54) is 28.6 Å². The van der Waals surface area contributed by atoms with Crippen LogP contribution in [0.2, 0.25) is 0 Å². The zero-order chi connectivity index (χ0) is 14.8. The molecule has 6 nitrogen and oxygen atoms in total. The smallest absolute Gasteiger partial charge is 0.307 e. The quantitative estimate of drug-likeness (QED) is 0.898. The first-order chi connectivity index (χ1) is 9.45. The fourth-order valence-corrected chi connectivity index (χ4v) is 3.81. The Labute approximate surface area is 117 Å². The van der Waals surface area contributed by atoms with Crippen molar-refractivity contribution in [1.82, 2.24) is 4.31 Å². The van der Waals surface area contributed by atoms with E-state index in [1.54, 1.807) is 0 Å². The van der Waals surface area contributed by atoms with E-state index in [2.05, 4.69) is 0 Å². The number of hydrogen-bond acceptors (Lipinski definition) is 4. The molecule has 1 atom stereocenters. The van der Waals surface area contributed by atoms with Gasteiger partial charge in [0, 0.05) is 13.1 Å². The molecule has 1 aromatic carbocycles. The topological polar surface area (TPSA) is 98.5 Å². The summed E-state index contributed by atoms with van der Waals surface area (Å²) in [5.74, 6) is -1.65. The van der Waals surface area contributed by atoms with Gasteiger partial charge in [0.25, 0.3) is 0 Å². The average molecular weight is 294 g/mol. The highest BCUT2D eigenvalue weighted by atomic mass is 32.2. The number of rotatable bonds is 3. The lowest BCUT2D eigenvalue weighted by Crippen LogP contribution is -2.42. The molecule has 106 valence electrons. The van der Waals surface area contributed by atoms with Crippen LogP contribution < -0.4 is 0 Å². The Morgan fingerprint density at radius 3 is 2.85 bits per heavy atom. The first-order valence-corrected chi connectivity index (χ1v) is 7.62. The van der Waals surface area contributed by atoms with Crippen molar-refractivity contribution in [2.75, 3.05) is 13.1 Å². The maximum atomic E-state index is 12.4. The molecule has 0 unspecified atom stereocenters. The molecule has 7 heteroatoms. The lowest BCUT2D eigenvalue weighted by molar-refractivity contribution is -0.142. The van der Waals surface area contributed by atoms with Gasteiger partial charge >= 0.3 is 5.97 Å². The van der Waals surface area contributed by atoms with Crippen LogP contribution in [0.15, 0.2) is 29.2 Å². The van der Waals surface area contributed by atoms with E-state index >= 15 is 0 Å². The third-order valence-corrected chi connectivity index (χ3v) is 5.20. The van der Waals surface area contributed by atoms with E-state index in [-0.39, 0.29) is 17.0 Å². The maximum Gasteiger partial charge on any atom is 0.307 e. The van der Waals surface area contributed by atoms with Crippen molar-refractivity contribution < 1.29 is 18.3 Å². The monoisotopic (exact) mass is 294 g/mol. The van der Waals surface area contributed by atoms with Crippen LogP contribution in [0.25, 0.3) is 0 Å². The Morgan fingerprint density at radius 1 is 1.45 bits per heavy atom. The van der Waals surface area contributed by atoms with E-state index in [0.29, 0.717) is 19.4 Å². The van der Waals surface area contributed by atoms with Crippen LogP contribution in [0.3, 0.4) is 0 Å². The summed E-state index contributed by atoms with van der Waals surface area (Å²) in [5, 5.41) is 17.8. The number of nitriles is 1. The van der Waals surface area contributed by atoms with Gasteiger partial charge in [-0.2, -0.15) is 9.57 Å². The van der Waals surface area contributed by atoms with E-state index in [4.69, 9.17) is 10.4 Å². The Morgan fingerprint density at radius 2 is 2.20 bits per heavy atom. The maximum absolute atomic E-state index is 12.4. The number of nitrogens with zero attached hydrogens (tertiary/aromatic N) is 2. The molecule has 0 saturated carbocycles. The fourth-order valence-electron chi connectivity index (χ4n) is 2.24. The van der Waals surface area contributed by atoms with Gasteiger partial charge < -0.3 is 5.11 Å². The lowest BCUT2D eigenvalue weighted by atomic mass is 10.0. The summed E-state index contributed by atoms with van der Waals surface area (Å²) in [4.78, 5) is 11.0. The molecule has 2 rings (SSSR count). The standard InChI is InChI=1S/C13H14N2O4S/c14-8-10-3-1-5-12(7-10)20(18,19)15-6-2-4-11(9-15)13(16)17/h1,3,5,7,11H,2,4,6,9H2,(H,16,17)/t11-/m1/s1. The van der Waals surface area contributed by atoms with E-state index in [0.717, 1.165) is 0 Å². The van der Waals surface area contributed by atoms with Gasteiger partial charge in [-0.25, -0.2) is 8.42 Å². The molecule has 1 fully saturated rings. The predicted molar refractivity (Wildman–Crippen MR) is 70.3 cm³/mol. The molecule has 0 radical (unpaired) electrons. The molecule has 0 amide bonds. The second-order valence-electron chi connectivity index (χ2n) is 4.68. The van der Waals surface area contributed by atoms with Crippen LogP contribution in [-0.4, -0.2) is 36.9 Å². The van der Waals surface area contributed by atoms with Crippen LogP contribution in [-0.2, 0) is 14.8 Å². The van der Waals surface area contributed by atoms with Crippen LogP contribution in [0, 0.1) is 17.2 Å². The number of hydrogen-bond donors (Lipinski definition) is 1. The second kappa shape index (κ2) is 5.61. The van der Waals surface area contributed by atoms with Crippen molar-refractivity contribution in [3.63, 3.8) is 0 Å². The molecule has 1 aliphatic heterocycles. The third-order valence-electron chi connectivity index (χ3n) is 3.33. The molecule has 1 aliphatic rings. The Kier molecular flexibility index (Phi) is 4.06. The van der Waals surface area contributed by atoms with Crippen molar-refractivity contribution in [3.8, 4) is 6.07 Å². The van der Waals surface area contributed by atoms with Gasteiger partial charge in [-0.15, -0.1) is 0 Å². The molecule has 0 aromatic heterocycles. The van der Waals surface area contributed by atoms with Crippen molar-refractivity contribution in [2.45, 2.75) is 17.7 Å². The summed E-state index contributed by atoms with van der Waals surface area (Å²) >= 11 is 0. The van der Waals surface area contributed by atoms with Gasteiger partial charge in [-0.3, -0.25) is 4.79 Å². The summed E-state index contributed by atoms with van der Waals surface area (Å²) in [6.45, 7) is 0.289. The molecule has 0 aliphatic carbocycles. The van der Waals surface area contributed by atoms with Crippen LogP contribution in [0.1, 0.15) is 18.4 Å². The number of carboxylic acids is 1. The van der Waals surface area contributed by atoms with Crippen LogP contribution in [0.5, 0.6) is 0 Å². The first kappa shape index (κ1) is 14.5. The highest BCUT2D eigenvalue weighted by Gasteiger charge is 2.33. The normalized spacial score (nSPS) is 20.2. The van der Waals surface area contributed by atoms with Crippen molar-refractivity contribution >= 4 is 16.0 Å². The van der Waals surface area contributed by atoms with Crippen molar-refractivity contribution in [3.05, 3.63) is 29.8 Å². The van der Waals surface area contributed by atoms with Gasteiger partial charge in [0.2, 0.25) is 10.0 Å². The zero-order valence-electron chi connectivity index (χ0n) is 10.7. The predicted octanol–water partition coefficient (Wildman–Crippen LogP) is 1.04. The number of piperidine rings is 1. The molecule has 0 spiro atoms. The van der Waals surface area contributed by atoms with E-state index < -0.39 is 21.9 Å². The number of carboxylic acid groups (broad SMARTS) is 1. The van der Waals surface area contributed by atoms with Crippen LogP contribution >= 0.6 is 0 Å². The SMILES string of the molecule is N#Cc1cccc(S(=O)(=O)N2CCC[C@@H](C(=O)O)C2)c1. The summed E-state index contributed by atoms with van der Waals surface area (Å²) in [6.07, 6.45) is 1.01. The summed E-state index contributed by atoms with van der Waals surface area (Å²) in [5.41, 5.74) is 0.262. The molecule has 1 saturated heterocycles. The van der Waals surface area contributed by atoms with Gasteiger partial charge in [0.1, 0.15) is 0 Å². The first-order valence-electron chi connectivity index (χ1n) is 6.18. The minimum absolute atomic E-state index is 0.0194. The highest BCUT2D eigenvalue weighted by Crippen LogP contribution is 2.24. The van der Waals surface area contributed by atoms with E-state index in [9.17, 15) is 13.2 Å². The molecule has 20 heavy (non-hydrogen) atoms. The Bertz CT molecular complexity index is 663. The number of sulfonamides is 1. The van der Waals surface area contributed by atoms with Gasteiger partial charge in [0.05, 0.1) is 22.4 Å². The minimum atomic E-state index is -3.74. The number of aliphatic carboxylic acids is 1. The average Bonchev–Trinajstić information content (AvgIpc) is 2.47. The Balaban J connectivity index is 2.30. The molecule has 1 heterocycles. The molecular formula is C13H14N2O4S. The van der Waals surface area contributed by atoms with Gasteiger partial charge in [0.15, 0.2) is 0 Å². The minimum Gasteiger partial charge on any atom is -0.481 e. The fraction of sp³-hybridized carbons (Fsp3) is 0.385. The molecule has 1 aromatic rings. The van der Waals surface area contributed by atoms with Gasteiger partial charge in [-0.1, -0.05) is 6.07 Å². The summed E-state index contributed by atoms with van der Waals surface area (Å²) in [7, 11) is -3.74. The van der Waals surface area contributed by atoms with Crippen LogP contribution in [0.4, 0.5) is 0 Å². The molecular weight excluding hydrogens is 280 g/mol. The number of carbonyl (C=O) groups is 1. The summed E-state index contributed by atoms with van der Waals surface area (Å²) in [6, 6.07) is 7.64. The lowest BCUT2D eigenvalue weighted by Gasteiger charge is -2.29. The molecule has 0 bridgehead atoms. The Hall–Kier alpha value is -1.91. The second-order valence-corrected chi connectivity index (χ2v) is 6.62. The third kappa shape index (κ3) is 2.81. The largest absolute Gasteiger partial charge is 0.481 e. The van der Waals surface area contributed by atoms with Crippen molar-refractivity contribution in [2.24, 2.45) is 5.92 Å².